The Hall–Kier alpha value is -6.07. The monoisotopic (exact) mass is 686 g/mol. The Kier molecular flexibility index (Phi) is 7.23. The molecule has 0 spiro atoms. The van der Waals surface area contributed by atoms with Crippen molar-refractivity contribution >= 4 is 80.9 Å². The van der Waals surface area contributed by atoms with Crippen molar-refractivity contribution in [3.63, 3.8) is 0 Å². The van der Waals surface area contributed by atoms with Gasteiger partial charge in [0.1, 0.15) is 5.01 Å². The van der Waals surface area contributed by atoms with Crippen LogP contribution >= 0.6 is 22.7 Å². The lowest BCUT2D eigenvalue weighted by molar-refractivity contribution is 1.30. The first-order chi connectivity index (χ1) is 25.2. The van der Waals surface area contributed by atoms with Gasteiger partial charge in [-0.05, 0) is 82.2 Å². The van der Waals surface area contributed by atoms with Crippen LogP contribution in [0.4, 0.5) is 17.1 Å². The number of nitrogens with zero attached hydrogens (tertiary/aromatic N) is 2. The highest BCUT2D eigenvalue weighted by molar-refractivity contribution is 7.26. The van der Waals surface area contributed by atoms with Crippen LogP contribution in [0.15, 0.2) is 182 Å². The summed E-state index contributed by atoms with van der Waals surface area (Å²) in [7, 11) is 0. The van der Waals surface area contributed by atoms with E-state index < -0.39 is 0 Å². The first-order valence-electron chi connectivity index (χ1n) is 17.1. The van der Waals surface area contributed by atoms with Crippen molar-refractivity contribution in [2.24, 2.45) is 0 Å². The molecule has 0 radical (unpaired) electrons. The number of benzene rings is 8. The molecular formula is C47H30N2S2. The van der Waals surface area contributed by atoms with Gasteiger partial charge in [-0.2, -0.15) is 0 Å². The van der Waals surface area contributed by atoms with Crippen molar-refractivity contribution in [3.05, 3.63) is 182 Å². The minimum absolute atomic E-state index is 1.06. The van der Waals surface area contributed by atoms with E-state index in [1.165, 1.54) is 63.5 Å². The van der Waals surface area contributed by atoms with Crippen molar-refractivity contribution < 1.29 is 0 Å². The van der Waals surface area contributed by atoms with Crippen molar-refractivity contribution in [2.45, 2.75) is 0 Å². The molecule has 2 nitrogen and oxygen atoms in total. The number of hydrogen-bond acceptors (Lipinski definition) is 4. The van der Waals surface area contributed by atoms with Crippen molar-refractivity contribution in [1.82, 2.24) is 4.98 Å². The predicted molar refractivity (Wildman–Crippen MR) is 221 cm³/mol. The molecule has 4 heteroatoms. The Morgan fingerprint density at radius 3 is 1.71 bits per heavy atom. The van der Waals surface area contributed by atoms with E-state index in [2.05, 4.69) is 187 Å². The Balaban J connectivity index is 1.04. The maximum absolute atomic E-state index is 5.03. The summed E-state index contributed by atoms with van der Waals surface area (Å²) in [5.74, 6) is 0. The lowest BCUT2D eigenvalue weighted by Crippen LogP contribution is -2.10. The number of anilines is 3. The second-order valence-electron chi connectivity index (χ2n) is 12.8. The van der Waals surface area contributed by atoms with Gasteiger partial charge in [-0.25, -0.2) is 4.98 Å². The number of rotatable bonds is 6. The molecule has 0 aliphatic carbocycles. The number of aromatic nitrogens is 1. The summed E-state index contributed by atoms with van der Waals surface area (Å²) in [5.41, 5.74) is 10.4. The van der Waals surface area contributed by atoms with Crippen LogP contribution < -0.4 is 4.90 Å². The maximum Gasteiger partial charge on any atom is 0.124 e. The van der Waals surface area contributed by atoms with E-state index in [4.69, 9.17) is 4.98 Å². The van der Waals surface area contributed by atoms with Crippen LogP contribution in [0.25, 0.3) is 74.0 Å². The quantitative estimate of drug-likeness (QED) is 0.173. The molecule has 8 aromatic carbocycles. The predicted octanol–water partition coefficient (Wildman–Crippen LogP) is 14.3. The smallest absolute Gasteiger partial charge is 0.124 e. The third-order valence-corrected chi connectivity index (χ3v) is 11.9. The summed E-state index contributed by atoms with van der Waals surface area (Å²) in [5, 5.41) is 6.06. The molecule has 10 aromatic rings. The number of thiophene rings is 1. The van der Waals surface area contributed by atoms with Crippen LogP contribution in [0, 0.1) is 0 Å². The molecule has 51 heavy (non-hydrogen) atoms. The van der Waals surface area contributed by atoms with Gasteiger partial charge in [-0.15, -0.1) is 22.7 Å². The minimum atomic E-state index is 1.06. The Morgan fingerprint density at radius 1 is 0.373 bits per heavy atom. The van der Waals surface area contributed by atoms with Crippen molar-refractivity contribution in [3.8, 4) is 32.8 Å². The lowest BCUT2D eigenvalue weighted by atomic mass is 10.0. The van der Waals surface area contributed by atoms with E-state index in [-0.39, 0.29) is 0 Å². The van der Waals surface area contributed by atoms with Gasteiger partial charge in [0.15, 0.2) is 0 Å². The standard InChI is InChI=1S/C47H30N2S2/c1-3-10-31(11-4-1)32-18-23-37(24-19-32)49(43-17-9-15-34-12-7-8-16-39(34)43)38-25-20-33(21-26-38)36-22-27-44-40(28-36)41-29-42-46(30-45(41)50-44)51-47(48-42)35-13-5-2-6-14-35/h1-30H. The van der Waals surface area contributed by atoms with E-state index >= 15 is 0 Å². The second kappa shape index (κ2) is 12.4. The van der Waals surface area contributed by atoms with Gasteiger partial charge >= 0.3 is 0 Å². The summed E-state index contributed by atoms with van der Waals surface area (Å²) in [6.45, 7) is 0. The van der Waals surface area contributed by atoms with Gasteiger partial charge < -0.3 is 4.90 Å². The zero-order valence-electron chi connectivity index (χ0n) is 27.5. The average Bonchev–Trinajstić information content (AvgIpc) is 3.78. The molecule has 2 aromatic heterocycles. The van der Waals surface area contributed by atoms with Gasteiger partial charge in [0, 0.05) is 42.5 Å². The molecule has 0 atom stereocenters. The van der Waals surface area contributed by atoms with Gasteiger partial charge in [-0.3, -0.25) is 0 Å². The molecule has 2 heterocycles. The van der Waals surface area contributed by atoms with Crippen LogP contribution in [0.2, 0.25) is 0 Å². The highest BCUT2D eigenvalue weighted by atomic mass is 32.1. The summed E-state index contributed by atoms with van der Waals surface area (Å²) in [6, 6.07) is 65.6. The average molecular weight is 687 g/mol. The molecule has 10 rings (SSSR count). The maximum atomic E-state index is 5.03. The molecule has 0 N–H and O–H groups in total. The highest BCUT2D eigenvalue weighted by Crippen LogP contribution is 2.43. The minimum Gasteiger partial charge on any atom is -0.310 e. The SMILES string of the molecule is c1ccc(-c2ccc(N(c3ccc(-c4ccc5sc6cc7sc(-c8ccccc8)nc7cc6c5c4)cc3)c3cccc4ccccc34)cc2)cc1. The van der Waals surface area contributed by atoms with E-state index in [9.17, 15) is 0 Å². The Labute approximate surface area is 304 Å². The third kappa shape index (κ3) is 5.37. The summed E-state index contributed by atoms with van der Waals surface area (Å²) < 4.78 is 3.83. The van der Waals surface area contributed by atoms with Crippen molar-refractivity contribution in [1.29, 1.82) is 0 Å². The van der Waals surface area contributed by atoms with E-state index in [0.717, 1.165) is 27.6 Å². The molecule has 0 unspecified atom stereocenters. The van der Waals surface area contributed by atoms with Crippen LogP contribution in [0.1, 0.15) is 0 Å². The van der Waals surface area contributed by atoms with Gasteiger partial charge in [0.05, 0.1) is 15.9 Å². The van der Waals surface area contributed by atoms with E-state index in [0.29, 0.717) is 0 Å². The number of thiazole rings is 1. The summed E-state index contributed by atoms with van der Waals surface area (Å²) in [6.07, 6.45) is 0. The van der Waals surface area contributed by atoms with Gasteiger partial charge in [-0.1, -0.05) is 127 Å². The molecule has 240 valence electrons. The fraction of sp³-hybridized carbons (Fsp3) is 0. The Morgan fingerprint density at radius 2 is 0.961 bits per heavy atom. The zero-order valence-corrected chi connectivity index (χ0v) is 29.2. The van der Waals surface area contributed by atoms with E-state index in [1.54, 1.807) is 11.3 Å². The topological polar surface area (TPSA) is 16.1 Å². The summed E-state index contributed by atoms with van der Waals surface area (Å²) in [4.78, 5) is 7.41. The lowest BCUT2D eigenvalue weighted by Gasteiger charge is -2.27. The molecular weight excluding hydrogens is 657 g/mol. The first-order valence-corrected chi connectivity index (χ1v) is 18.7. The number of fused-ring (bicyclic) bond motifs is 5. The highest BCUT2D eigenvalue weighted by Gasteiger charge is 2.17. The molecule has 0 aliphatic rings. The Bertz CT molecular complexity index is 2830. The zero-order chi connectivity index (χ0) is 33.7. The largest absolute Gasteiger partial charge is 0.310 e. The first kappa shape index (κ1) is 29.8. The van der Waals surface area contributed by atoms with Crippen LogP contribution in [0.5, 0.6) is 0 Å². The molecule has 0 amide bonds. The van der Waals surface area contributed by atoms with Crippen LogP contribution in [-0.2, 0) is 0 Å². The molecule has 0 aliphatic heterocycles. The molecule has 0 saturated heterocycles. The molecule has 0 bridgehead atoms. The molecule has 0 saturated carbocycles. The van der Waals surface area contributed by atoms with E-state index in [1.807, 2.05) is 11.3 Å². The van der Waals surface area contributed by atoms with Crippen LogP contribution in [-0.4, -0.2) is 4.98 Å². The van der Waals surface area contributed by atoms with Gasteiger partial charge in [0.2, 0.25) is 0 Å². The van der Waals surface area contributed by atoms with Crippen LogP contribution in [0.3, 0.4) is 0 Å². The summed E-state index contributed by atoms with van der Waals surface area (Å²) >= 11 is 3.63. The second-order valence-corrected chi connectivity index (χ2v) is 14.9. The molecule has 0 fully saturated rings. The third-order valence-electron chi connectivity index (χ3n) is 9.70. The van der Waals surface area contributed by atoms with Crippen molar-refractivity contribution in [2.75, 3.05) is 4.90 Å². The fourth-order valence-electron chi connectivity index (χ4n) is 7.15. The van der Waals surface area contributed by atoms with Gasteiger partial charge in [0.25, 0.3) is 0 Å². The normalized spacial score (nSPS) is 11.5. The fourth-order valence-corrected chi connectivity index (χ4v) is 9.32. The number of hydrogen-bond donors (Lipinski definition) is 0.